The first-order valence-corrected chi connectivity index (χ1v) is 12.4. The molecule has 0 unspecified atom stereocenters. The van der Waals surface area contributed by atoms with Crippen LogP contribution in [0.15, 0.2) is 30.6 Å². The number of anilines is 2. The lowest BCUT2D eigenvalue weighted by molar-refractivity contribution is -0.00714. The van der Waals surface area contributed by atoms with Crippen molar-refractivity contribution in [3.63, 3.8) is 0 Å². The van der Waals surface area contributed by atoms with Crippen molar-refractivity contribution in [1.29, 1.82) is 0 Å². The molecule has 2 saturated carbocycles. The van der Waals surface area contributed by atoms with Crippen LogP contribution in [0.1, 0.15) is 74.5 Å². The second-order valence-corrected chi connectivity index (χ2v) is 11.0. The topological polar surface area (TPSA) is 112 Å². The van der Waals surface area contributed by atoms with Gasteiger partial charge in [-0.15, -0.1) is 0 Å². The molecule has 6 rings (SSSR count). The fourth-order valence-corrected chi connectivity index (χ4v) is 5.04. The monoisotopic (exact) mass is 473 g/mol. The summed E-state index contributed by atoms with van der Waals surface area (Å²) >= 11 is 0. The Morgan fingerprint density at radius 3 is 2.63 bits per heavy atom. The van der Waals surface area contributed by atoms with Crippen molar-refractivity contribution < 1.29 is 14.3 Å². The lowest BCUT2D eigenvalue weighted by Gasteiger charge is -2.41. The van der Waals surface area contributed by atoms with E-state index >= 15 is 0 Å². The number of nitrogens with two attached hydrogens (primary N) is 1. The SMILES string of the molecule is CC1(C)Cc2nc(Nc3cc4c([C@@](C)(N)C5CCC5)cnc(OC5CC5)c4cn3)ccc2C(=O)O1. The largest absolute Gasteiger partial charge is 0.474 e. The molecule has 35 heavy (non-hydrogen) atoms. The van der Waals surface area contributed by atoms with Crippen LogP contribution in [0.3, 0.4) is 0 Å². The zero-order valence-electron chi connectivity index (χ0n) is 20.4. The molecule has 8 nitrogen and oxygen atoms in total. The number of ether oxygens (including phenoxy) is 2. The van der Waals surface area contributed by atoms with Gasteiger partial charge in [0.1, 0.15) is 23.3 Å². The molecule has 2 aliphatic carbocycles. The van der Waals surface area contributed by atoms with Crippen molar-refractivity contribution in [1.82, 2.24) is 15.0 Å². The van der Waals surface area contributed by atoms with Crippen molar-refractivity contribution in [2.24, 2.45) is 11.7 Å². The molecule has 0 saturated heterocycles. The quantitative estimate of drug-likeness (QED) is 0.492. The first kappa shape index (κ1) is 22.2. The Balaban J connectivity index is 1.38. The summed E-state index contributed by atoms with van der Waals surface area (Å²) in [5.74, 6) is 1.98. The third kappa shape index (κ3) is 4.10. The molecule has 182 valence electrons. The first-order chi connectivity index (χ1) is 16.7. The van der Waals surface area contributed by atoms with Crippen LogP contribution >= 0.6 is 0 Å². The standard InChI is InChI=1S/C27H31N5O3/c1-26(2)12-21-17(25(33)35-26)9-10-22(31-21)32-23-11-18-19(13-29-23)24(34-16-7-8-16)30-14-20(18)27(3,28)15-5-4-6-15/h9-11,13-16H,4-8,12,28H2,1-3H3,(H,29,31,32)/t27-/m0/s1. The highest BCUT2D eigenvalue weighted by Gasteiger charge is 2.38. The molecule has 0 aromatic carbocycles. The van der Waals surface area contributed by atoms with E-state index in [9.17, 15) is 4.79 Å². The Kier molecular flexibility index (Phi) is 5.00. The minimum atomic E-state index is -0.579. The van der Waals surface area contributed by atoms with Gasteiger partial charge in [-0.3, -0.25) is 0 Å². The average molecular weight is 474 g/mol. The van der Waals surface area contributed by atoms with Gasteiger partial charge < -0.3 is 20.5 Å². The minimum absolute atomic E-state index is 0.237. The van der Waals surface area contributed by atoms with E-state index in [0.717, 1.165) is 47.7 Å². The van der Waals surface area contributed by atoms with Crippen LogP contribution in [0.5, 0.6) is 5.88 Å². The number of fused-ring (bicyclic) bond motifs is 2. The molecule has 2 fully saturated rings. The molecular weight excluding hydrogens is 442 g/mol. The molecule has 8 heteroatoms. The molecule has 3 aromatic rings. The van der Waals surface area contributed by atoms with E-state index in [0.29, 0.717) is 35.4 Å². The summed E-state index contributed by atoms with van der Waals surface area (Å²) in [5.41, 5.74) is 8.09. The lowest BCUT2D eigenvalue weighted by atomic mass is 9.68. The van der Waals surface area contributed by atoms with E-state index in [-0.39, 0.29) is 12.1 Å². The van der Waals surface area contributed by atoms with E-state index in [1.165, 1.54) is 6.42 Å². The molecule has 4 heterocycles. The maximum Gasteiger partial charge on any atom is 0.340 e. The maximum atomic E-state index is 12.3. The zero-order chi connectivity index (χ0) is 24.4. The van der Waals surface area contributed by atoms with E-state index in [1.807, 2.05) is 32.3 Å². The molecular formula is C27H31N5O3. The molecule has 1 aliphatic heterocycles. The van der Waals surface area contributed by atoms with Gasteiger partial charge in [-0.1, -0.05) is 6.42 Å². The Morgan fingerprint density at radius 1 is 1.11 bits per heavy atom. The van der Waals surface area contributed by atoms with Gasteiger partial charge in [-0.25, -0.2) is 19.7 Å². The number of cyclic esters (lactones) is 1. The molecule has 1 atom stereocenters. The fraction of sp³-hybridized carbons (Fsp3) is 0.481. The van der Waals surface area contributed by atoms with Gasteiger partial charge in [0.05, 0.1) is 16.6 Å². The summed E-state index contributed by atoms with van der Waals surface area (Å²) in [5, 5.41) is 5.19. The van der Waals surface area contributed by atoms with Crippen molar-refractivity contribution in [2.75, 3.05) is 5.32 Å². The minimum Gasteiger partial charge on any atom is -0.474 e. The number of carbonyl (C=O) groups is 1. The second-order valence-electron chi connectivity index (χ2n) is 11.0. The lowest BCUT2D eigenvalue weighted by Crippen LogP contribution is -2.44. The number of carbonyl (C=O) groups excluding carboxylic acids is 1. The number of aromatic nitrogens is 3. The highest BCUT2D eigenvalue weighted by atomic mass is 16.6. The number of esters is 1. The molecule has 0 amide bonds. The maximum absolute atomic E-state index is 12.3. The first-order valence-electron chi connectivity index (χ1n) is 12.4. The van der Waals surface area contributed by atoms with Crippen LogP contribution in [-0.2, 0) is 16.7 Å². The highest BCUT2D eigenvalue weighted by molar-refractivity contribution is 5.93. The smallest absolute Gasteiger partial charge is 0.340 e. The predicted molar refractivity (Wildman–Crippen MR) is 133 cm³/mol. The van der Waals surface area contributed by atoms with E-state index in [1.54, 1.807) is 12.1 Å². The summed E-state index contributed by atoms with van der Waals surface area (Å²) < 4.78 is 11.6. The van der Waals surface area contributed by atoms with Crippen LogP contribution in [0.4, 0.5) is 11.6 Å². The van der Waals surface area contributed by atoms with Crippen LogP contribution in [-0.4, -0.2) is 32.6 Å². The van der Waals surface area contributed by atoms with Crippen molar-refractivity contribution in [2.45, 2.75) is 76.5 Å². The fourth-order valence-electron chi connectivity index (χ4n) is 5.04. The van der Waals surface area contributed by atoms with Gasteiger partial charge in [-0.2, -0.15) is 0 Å². The molecule has 0 bridgehead atoms. The Hall–Kier alpha value is -3.26. The molecule has 3 aromatic heterocycles. The number of rotatable bonds is 6. The summed E-state index contributed by atoms with van der Waals surface area (Å²) in [7, 11) is 0. The van der Waals surface area contributed by atoms with Crippen molar-refractivity contribution >= 4 is 28.4 Å². The highest BCUT2D eigenvalue weighted by Crippen LogP contribution is 2.44. The Labute approximate surface area is 204 Å². The van der Waals surface area contributed by atoms with Gasteiger partial charge in [0.2, 0.25) is 5.88 Å². The summed E-state index contributed by atoms with van der Waals surface area (Å²) in [6, 6.07) is 5.55. The second kappa shape index (κ2) is 7.88. The van der Waals surface area contributed by atoms with Crippen LogP contribution in [0.2, 0.25) is 0 Å². The van der Waals surface area contributed by atoms with Gasteiger partial charge >= 0.3 is 5.97 Å². The van der Waals surface area contributed by atoms with E-state index < -0.39 is 11.1 Å². The molecule has 0 spiro atoms. The number of hydrogen-bond donors (Lipinski definition) is 2. The Morgan fingerprint density at radius 2 is 1.91 bits per heavy atom. The number of nitrogens with zero attached hydrogens (tertiary/aromatic N) is 3. The van der Waals surface area contributed by atoms with Crippen molar-refractivity contribution in [3.8, 4) is 5.88 Å². The van der Waals surface area contributed by atoms with E-state index in [4.69, 9.17) is 20.2 Å². The van der Waals surface area contributed by atoms with Gasteiger partial charge in [-0.05, 0) is 81.5 Å². The van der Waals surface area contributed by atoms with Gasteiger partial charge in [0.15, 0.2) is 0 Å². The normalized spacial score (nSPS) is 21.0. The average Bonchev–Trinajstić information content (AvgIpc) is 3.55. The number of hydrogen-bond acceptors (Lipinski definition) is 8. The van der Waals surface area contributed by atoms with Gasteiger partial charge in [0.25, 0.3) is 0 Å². The van der Waals surface area contributed by atoms with Crippen LogP contribution in [0, 0.1) is 5.92 Å². The number of pyridine rings is 3. The number of nitrogens with one attached hydrogen (secondary N) is 1. The predicted octanol–water partition coefficient (Wildman–Crippen LogP) is 4.78. The molecule has 3 N–H and O–H groups in total. The van der Waals surface area contributed by atoms with E-state index in [2.05, 4.69) is 22.2 Å². The van der Waals surface area contributed by atoms with Crippen molar-refractivity contribution in [3.05, 3.63) is 47.4 Å². The Bertz CT molecular complexity index is 1330. The molecule has 0 radical (unpaired) electrons. The summed E-state index contributed by atoms with van der Waals surface area (Å²) in [4.78, 5) is 26.3. The third-order valence-corrected chi connectivity index (χ3v) is 7.48. The van der Waals surface area contributed by atoms with Crippen LogP contribution < -0.4 is 15.8 Å². The van der Waals surface area contributed by atoms with Crippen LogP contribution in [0.25, 0.3) is 10.8 Å². The third-order valence-electron chi connectivity index (χ3n) is 7.48. The molecule has 3 aliphatic rings. The van der Waals surface area contributed by atoms with Gasteiger partial charge in [0, 0.05) is 24.4 Å². The zero-order valence-corrected chi connectivity index (χ0v) is 20.4. The summed E-state index contributed by atoms with van der Waals surface area (Å²) in [6.45, 7) is 5.89. The summed E-state index contributed by atoms with van der Waals surface area (Å²) in [6.07, 6.45) is 10.1.